The third-order valence-electron chi connectivity index (χ3n) is 2.24. The van der Waals surface area contributed by atoms with Gasteiger partial charge in [-0.15, -0.1) is 0 Å². The Morgan fingerprint density at radius 2 is 1.69 bits per heavy atom. The largest absolute Gasteiger partial charge is 0.416 e. The molecule has 0 aliphatic carbocycles. The molecular formula is C11H9F4N. The van der Waals surface area contributed by atoms with Gasteiger partial charge in [-0.05, 0) is 31.5 Å². The highest BCUT2D eigenvalue weighted by Crippen LogP contribution is 2.37. The van der Waals surface area contributed by atoms with Gasteiger partial charge in [0.15, 0.2) is 0 Å². The minimum Gasteiger partial charge on any atom is -0.207 e. The zero-order valence-corrected chi connectivity index (χ0v) is 8.69. The van der Waals surface area contributed by atoms with Gasteiger partial charge in [-0.3, -0.25) is 0 Å². The van der Waals surface area contributed by atoms with Crippen LogP contribution in [0.1, 0.15) is 25.0 Å². The molecule has 0 aromatic heterocycles. The first-order valence-corrected chi connectivity index (χ1v) is 4.47. The number of hydrogen-bond donors (Lipinski definition) is 0. The third-order valence-corrected chi connectivity index (χ3v) is 2.24. The van der Waals surface area contributed by atoms with Crippen molar-refractivity contribution in [3.8, 4) is 6.07 Å². The van der Waals surface area contributed by atoms with Crippen LogP contribution >= 0.6 is 0 Å². The van der Waals surface area contributed by atoms with Gasteiger partial charge in [0, 0.05) is 0 Å². The van der Waals surface area contributed by atoms with Gasteiger partial charge in [0.25, 0.3) is 0 Å². The molecule has 0 radical (unpaired) electrons. The van der Waals surface area contributed by atoms with Crippen LogP contribution in [0, 0.1) is 17.1 Å². The van der Waals surface area contributed by atoms with E-state index in [9.17, 15) is 17.6 Å². The lowest BCUT2D eigenvalue weighted by atomic mass is 9.83. The van der Waals surface area contributed by atoms with Crippen molar-refractivity contribution in [2.45, 2.75) is 25.4 Å². The van der Waals surface area contributed by atoms with Crippen LogP contribution in [0.3, 0.4) is 0 Å². The van der Waals surface area contributed by atoms with E-state index in [0.717, 1.165) is 12.1 Å². The van der Waals surface area contributed by atoms with Gasteiger partial charge < -0.3 is 0 Å². The summed E-state index contributed by atoms with van der Waals surface area (Å²) in [4.78, 5) is 0. The van der Waals surface area contributed by atoms with Crippen molar-refractivity contribution >= 4 is 0 Å². The highest BCUT2D eigenvalue weighted by Gasteiger charge is 2.38. The van der Waals surface area contributed by atoms with E-state index in [4.69, 9.17) is 5.26 Å². The van der Waals surface area contributed by atoms with Gasteiger partial charge in [-0.2, -0.15) is 18.4 Å². The first kappa shape index (κ1) is 12.5. The van der Waals surface area contributed by atoms with Crippen molar-refractivity contribution < 1.29 is 17.6 Å². The quantitative estimate of drug-likeness (QED) is 0.677. The maximum Gasteiger partial charge on any atom is 0.416 e. The molecule has 5 heteroatoms. The fourth-order valence-electron chi connectivity index (χ4n) is 1.36. The summed E-state index contributed by atoms with van der Waals surface area (Å²) in [5, 5.41) is 8.80. The lowest BCUT2D eigenvalue weighted by Gasteiger charge is -2.21. The number of nitrogens with zero attached hydrogens (tertiary/aromatic N) is 1. The van der Waals surface area contributed by atoms with Crippen molar-refractivity contribution in [2.24, 2.45) is 0 Å². The molecule has 1 nitrogen and oxygen atoms in total. The molecule has 0 aliphatic rings. The summed E-state index contributed by atoms with van der Waals surface area (Å²) in [7, 11) is 0. The molecule has 86 valence electrons. The van der Waals surface area contributed by atoms with Crippen LogP contribution in [0.4, 0.5) is 17.6 Å². The number of halogens is 4. The van der Waals surface area contributed by atoms with Crippen molar-refractivity contribution in [2.75, 3.05) is 0 Å². The summed E-state index contributed by atoms with van der Waals surface area (Å²) in [6.07, 6.45) is -4.66. The fraction of sp³-hybridized carbons (Fsp3) is 0.364. The smallest absolute Gasteiger partial charge is 0.207 e. The summed E-state index contributed by atoms with van der Waals surface area (Å²) >= 11 is 0. The summed E-state index contributed by atoms with van der Waals surface area (Å²) in [6.45, 7) is 2.71. The SMILES string of the molecule is CC(C)(C#N)c1ccc(F)cc1C(F)(F)F. The highest BCUT2D eigenvalue weighted by molar-refractivity contribution is 5.39. The van der Waals surface area contributed by atoms with Gasteiger partial charge in [0.2, 0.25) is 0 Å². The number of benzene rings is 1. The first-order chi connectivity index (χ1) is 7.18. The Morgan fingerprint density at radius 3 is 2.12 bits per heavy atom. The molecule has 16 heavy (non-hydrogen) atoms. The van der Waals surface area contributed by atoms with Gasteiger partial charge in [-0.1, -0.05) is 6.07 Å². The zero-order valence-electron chi connectivity index (χ0n) is 8.69. The molecule has 0 unspecified atom stereocenters. The van der Waals surface area contributed by atoms with Crippen LogP contribution in [-0.4, -0.2) is 0 Å². The Morgan fingerprint density at radius 1 is 1.12 bits per heavy atom. The topological polar surface area (TPSA) is 23.8 Å². The minimum atomic E-state index is -4.66. The highest BCUT2D eigenvalue weighted by atomic mass is 19.4. The molecule has 1 rings (SSSR count). The molecule has 1 aromatic rings. The number of nitriles is 1. The van der Waals surface area contributed by atoms with Crippen molar-refractivity contribution in [1.82, 2.24) is 0 Å². The van der Waals surface area contributed by atoms with Crippen LogP contribution in [0.5, 0.6) is 0 Å². The van der Waals surface area contributed by atoms with E-state index in [-0.39, 0.29) is 5.56 Å². The van der Waals surface area contributed by atoms with Crippen molar-refractivity contribution in [3.63, 3.8) is 0 Å². The molecule has 0 saturated heterocycles. The van der Waals surface area contributed by atoms with Crippen LogP contribution in [0.15, 0.2) is 18.2 Å². The first-order valence-electron chi connectivity index (χ1n) is 4.47. The second-order valence-corrected chi connectivity index (χ2v) is 3.92. The Labute approximate surface area is 90.3 Å². The standard InChI is InChI=1S/C11H9F4N/c1-10(2,6-16)8-4-3-7(12)5-9(8)11(13,14)15/h3-5H,1-2H3. The summed E-state index contributed by atoms with van der Waals surface area (Å²) < 4.78 is 50.6. The van der Waals surface area contributed by atoms with Gasteiger partial charge in [0.1, 0.15) is 5.82 Å². The zero-order chi connectivity index (χ0) is 12.6. The second-order valence-electron chi connectivity index (χ2n) is 3.92. The molecule has 0 atom stereocenters. The fourth-order valence-corrected chi connectivity index (χ4v) is 1.36. The molecule has 1 aromatic carbocycles. The van der Waals surface area contributed by atoms with E-state index < -0.39 is 23.0 Å². The van der Waals surface area contributed by atoms with E-state index in [1.165, 1.54) is 13.8 Å². The summed E-state index contributed by atoms with van der Waals surface area (Å²) in [6, 6.07) is 4.10. The molecular weight excluding hydrogens is 222 g/mol. The Balaban J connectivity index is 3.48. The van der Waals surface area contributed by atoms with E-state index >= 15 is 0 Å². The van der Waals surface area contributed by atoms with E-state index in [1.807, 2.05) is 0 Å². The summed E-state index contributed by atoms with van der Waals surface area (Å²) in [5.74, 6) is -0.968. The van der Waals surface area contributed by atoms with E-state index in [1.54, 1.807) is 6.07 Å². The number of hydrogen-bond acceptors (Lipinski definition) is 1. The predicted molar refractivity (Wildman–Crippen MR) is 50.0 cm³/mol. The second kappa shape index (κ2) is 3.78. The van der Waals surface area contributed by atoms with Crippen molar-refractivity contribution in [1.29, 1.82) is 5.26 Å². The number of rotatable bonds is 1. The lowest BCUT2D eigenvalue weighted by Crippen LogP contribution is -2.21. The Bertz CT molecular complexity index is 440. The maximum atomic E-state index is 12.8. The molecule has 0 N–H and O–H groups in total. The van der Waals surface area contributed by atoms with Crippen molar-refractivity contribution in [3.05, 3.63) is 35.1 Å². The lowest BCUT2D eigenvalue weighted by molar-refractivity contribution is -0.138. The van der Waals surface area contributed by atoms with Gasteiger partial charge in [0.05, 0.1) is 17.0 Å². The van der Waals surface area contributed by atoms with Crippen LogP contribution in [0.2, 0.25) is 0 Å². The Kier molecular flexibility index (Phi) is 2.95. The predicted octanol–water partition coefficient (Wildman–Crippen LogP) is 3.65. The Hall–Kier alpha value is -1.57. The van der Waals surface area contributed by atoms with Crippen LogP contribution in [-0.2, 0) is 11.6 Å². The molecule has 0 saturated carbocycles. The third kappa shape index (κ3) is 2.32. The molecule has 0 amide bonds. The van der Waals surface area contributed by atoms with Crippen LogP contribution in [0.25, 0.3) is 0 Å². The molecule has 0 fully saturated rings. The van der Waals surface area contributed by atoms with Gasteiger partial charge in [-0.25, -0.2) is 4.39 Å². The van der Waals surface area contributed by atoms with Gasteiger partial charge >= 0.3 is 6.18 Å². The average Bonchev–Trinajstić information content (AvgIpc) is 2.16. The molecule has 0 aliphatic heterocycles. The monoisotopic (exact) mass is 231 g/mol. The number of alkyl halides is 3. The van der Waals surface area contributed by atoms with Crippen LogP contribution < -0.4 is 0 Å². The minimum absolute atomic E-state index is 0.219. The average molecular weight is 231 g/mol. The maximum absolute atomic E-state index is 12.8. The molecule has 0 bridgehead atoms. The normalized spacial score (nSPS) is 12.3. The van der Waals surface area contributed by atoms with E-state index in [2.05, 4.69) is 0 Å². The van der Waals surface area contributed by atoms with E-state index in [0.29, 0.717) is 6.07 Å². The summed E-state index contributed by atoms with van der Waals surface area (Å²) in [5.41, 5.74) is -2.62. The molecule has 0 heterocycles. The molecule has 0 spiro atoms.